The maximum absolute atomic E-state index is 5.98. The second-order valence-corrected chi connectivity index (χ2v) is 6.11. The molecule has 1 fully saturated rings. The highest BCUT2D eigenvalue weighted by atomic mass is 32.2. The Kier molecular flexibility index (Phi) is 6.19. The van der Waals surface area contributed by atoms with E-state index in [1.54, 1.807) is 0 Å². The summed E-state index contributed by atoms with van der Waals surface area (Å²) in [6.07, 6.45) is 5.42. The highest BCUT2D eigenvalue weighted by Gasteiger charge is 2.30. The Hall–Kier alpha value is -0.720. The van der Waals surface area contributed by atoms with Crippen molar-refractivity contribution in [3.8, 4) is 0 Å². The molecule has 2 aliphatic rings. The number of rotatable bonds is 6. The van der Waals surface area contributed by atoms with Crippen molar-refractivity contribution < 1.29 is 9.47 Å². The van der Waals surface area contributed by atoms with Crippen LogP contribution < -0.4 is 0 Å². The third-order valence-electron chi connectivity index (χ3n) is 3.32. The lowest BCUT2D eigenvalue weighted by atomic mass is 10.3. The predicted molar refractivity (Wildman–Crippen MR) is 83.8 cm³/mol. The summed E-state index contributed by atoms with van der Waals surface area (Å²) in [6.45, 7) is 7.31. The normalized spacial score (nSPS) is 25.9. The van der Waals surface area contributed by atoms with Gasteiger partial charge in [0, 0.05) is 32.2 Å². The van der Waals surface area contributed by atoms with Gasteiger partial charge in [-0.15, -0.1) is 11.8 Å². The first-order valence-electron chi connectivity index (χ1n) is 7.29. The number of hydrogen-bond acceptors (Lipinski definition) is 6. The van der Waals surface area contributed by atoms with E-state index in [-0.39, 0.29) is 11.7 Å². The SMILES string of the molecule is CCCN(C)C1=NCN([C@H]2CS[C@@H](COCC)O2)C=C1. The largest absolute Gasteiger partial charge is 0.378 e. The van der Waals surface area contributed by atoms with Crippen LogP contribution in [-0.2, 0) is 9.47 Å². The van der Waals surface area contributed by atoms with Gasteiger partial charge in [-0.1, -0.05) is 6.92 Å². The molecule has 2 heterocycles. The van der Waals surface area contributed by atoms with E-state index < -0.39 is 0 Å². The molecule has 0 aromatic carbocycles. The number of amidine groups is 1. The van der Waals surface area contributed by atoms with Crippen LogP contribution >= 0.6 is 11.8 Å². The molecular formula is C14H25N3O2S. The Morgan fingerprint density at radius 2 is 2.40 bits per heavy atom. The Balaban J connectivity index is 1.79. The van der Waals surface area contributed by atoms with Crippen molar-refractivity contribution >= 4 is 17.6 Å². The number of nitrogens with zero attached hydrogens (tertiary/aromatic N) is 3. The molecule has 0 unspecified atom stereocenters. The van der Waals surface area contributed by atoms with Gasteiger partial charge in [0.1, 0.15) is 24.2 Å². The molecule has 1 saturated heterocycles. The third kappa shape index (κ3) is 4.14. The van der Waals surface area contributed by atoms with E-state index >= 15 is 0 Å². The minimum Gasteiger partial charge on any atom is -0.378 e. The van der Waals surface area contributed by atoms with Crippen molar-refractivity contribution in [3.63, 3.8) is 0 Å². The molecule has 5 nitrogen and oxygen atoms in total. The average Bonchev–Trinajstić information content (AvgIpc) is 2.94. The van der Waals surface area contributed by atoms with Gasteiger partial charge in [0.15, 0.2) is 0 Å². The van der Waals surface area contributed by atoms with Gasteiger partial charge in [0.2, 0.25) is 0 Å². The third-order valence-corrected chi connectivity index (χ3v) is 4.42. The molecule has 0 N–H and O–H groups in total. The van der Waals surface area contributed by atoms with Crippen LogP contribution in [0.3, 0.4) is 0 Å². The lowest BCUT2D eigenvalue weighted by molar-refractivity contribution is -0.0465. The number of aliphatic imine (C=N–C) groups is 1. The maximum atomic E-state index is 5.98. The first-order valence-corrected chi connectivity index (χ1v) is 8.33. The van der Waals surface area contributed by atoms with Gasteiger partial charge in [0.25, 0.3) is 0 Å². The molecule has 0 saturated carbocycles. The first-order chi connectivity index (χ1) is 9.74. The Bertz CT molecular complexity index is 362. The molecule has 2 atom stereocenters. The van der Waals surface area contributed by atoms with Crippen LogP contribution in [0.15, 0.2) is 17.3 Å². The molecule has 0 aliphatic carbocycles. The van der Waals surface area contributed by atoms with E-state index in [4.69, 9.17) is 9.47 Å². The van der Waals surface area contributed by atoms with Crippen LogP contribution in [-0.4, -0.2) is 66.5 Å². The second kappa shape index (κ2) is 7.90. The van der Waals surface area contributed by atoms with E-state index in [0.29, 0.717) is 13.3 Å². The molecular weight excluding hydrogens is 274 g/mol. The van der Waals surface area contributed by atoms with E-state index in [1.165, 1.54) is 0 Å². The van der Waals surface area contributed by atoms with Crippen molar-refractivity contribution in [1.82, 2.24) is 9.80 Å². The number of likely N-dealkylation sites (N-methyl/N-ethyl adjacent to an activating group) is 1. The van der Waals surface area contributed by atoms with Crippen LogP contribution in [0.4, 0.5) is 0 Å². The first kappa shape index (κ1) is 15.7. The predicted octanol–water partition coefficient (Wildman–Crippen LogP) is 1.97. The van der Waals surface area contributed by atoms with Crippen molar-refractivity contribution in [2.75, 3.05) is 39.2 Å². The minimum atomic E-state index is 0.114. The van der Waals surface area contributed by atoms with Gasteiger partial charge in [-0.2, -0.15) is 0 Å². The van der Waals surface area contributed by atoms with E-state index in [2.05, 4.69) is 41.0 Å². The molecule has 0 radical (unpaired) electrons. The standard InChI is InChI=1S/C14H25N3O2S/c1-4-7-16(3)12-6-8-17(11-15-12)13-10-20-14(19-13)9-18-5-2/h6,8,13-14H,4-5,7,9-11H2,1-3H3/t13-,14+/m1/s1. The van der Waals surface area contributed by atoms with Gasteiger partial charge in [-0.3, -0.25) is 0 Å². The lowest BCUT2D eigenvalue weighted by Crippen LogP contribution is -2.38. The summed E-state index contributed by atoms with van der Waals surface area (Å²) in [5.41, 5.74) is 0.154. The molecule has 0 spiro atoms. The van der Waals surface area contributed by atoms with Crippen molar-refractivity contribution in [2.24, 2.45) is 4.99 Å². The monoisotopic (exact) mass is 299 g/mol. The molecule has 0 amide bonds. The summed E-state index contributed by atoms with van der Waals surface area (Å²) in [5.74, 6) is 2.03. The Morgan fingerprint density at radius 1 is 1.55 bits per heavy atom. The fraction of sp³-hybridized carbons (Fsp3) is 0.786. The molecule has 0 aromatic heterocycles. The van der Waals surface area contributed by atoms with Gasteiger partial charge in [-0.05, 0) is 19.4 Å². The summed E-state index contributed by atoms with van der Waals surface area (Å²) in [5, 5.41) is 0. The van der Waals surface area contributed by atoms with Crippen LogP contribution in [0.5, 0.6) is 0 Å². The van der Waals surface area contributed by atoms with Gasteiger partial charge in [0.05, 0.1) is 6.61 Å². The maximum Gasteiger partial charge on any atom is 0.142 e. The highest BCUT2D eigenvalue weighted by Crippen LogP contribution is 2.28. The highest BCUT2D eigenvalue weighted by molar-refractivity contribution is 8.00. The fourth-order valence-corrected chi connectivity index (χ4v) is 3.27. The average molecular weight is 299 g/mol. The molecule has 2 rings (SSSR count). The van der Waals surface area contributed by atoms with Gasteiger partial charge in [-0.25, -0.2) is 4.99 Å². The summed E-state index contributed by atoms with van der Waals surface area (Å²) >= 11 is 1.82. The van der Waals surface area contributed by atoms with E-state index in [0.717, 1.165) is 31.2 Å². The zero-order valence-corrected chi connectivity index (χ0v) is 13.4. The fourth-order valence-electron chi connectivity index (χ4n) is 2.22. The molecule has 2 aliphatic heterocycles. The Labute approximate surface area is 126 Å². The summed E-state index contributed by atoms with van der Waals surface area (Å²) in [6, 6.07) is 0. The number of thioether (sulfide) groups is 1. The Morgan fingerprint density at radius 3 is 3.05 bits per heavy atom. The van der Waals surface area contributed by atoms with Crippen LogP contribution in [0.1, 0.15) is 20.3 Å². The van der Waals surface area contributed by atoms with Crippen LogP contribution in [0.2, 0.25) is 0 Å². The van der Waals surface area contributed by atoms with E-state index in [9.17, 15) is 0 Å². The minimum absolute atomic E-state index is 0.114. The lowest BCUT2D eigenvalue weighted by Gasteiger charge is -2.29. The molecule has 0 aromatic rings. The molecule has 6 heteroatoms. The van der Waals surface area contributed by atoms with Crippen molar-refractivity contribution in [3.05, 3.63) is 12.3 Å². The second-order valence-electron chi connectivity index (χ2n) is 4.92. The van der Waals surface area contributed by atoms with Gasteiger partial charge < -0.3 is 19.3 Å². The quantitative estimate of drug-likeness (QED) is 0.749. The summed E-state index contributed by atoms with van der Waals surface area (Å²) < 4.78 is 11.4. The van der Waals surface area contributed by atoms with Crippen molar-refractivity contribution in [1.29, 1.82) is 0 Å². The smallest absolute Gasteiger partial charge is 0.142 e. The van der Waals surface area contributed by atoms with Crippen molar-refractivity contribution in [2.45, 2.75) is 31.9 Å². The molecule has 0 bridgehead atoms. The topological polar surface area (TPSA) is 37.3 Å². The zero-order valence-electron chi connectivity index (χ0n) is 12.6. The van der Waals surface area contributed by atoms with Crippen LogP contribution in [0, 0.1) is 0 Å². The molecule has 114 valence electrons. The van der Waals surface area contributed by atoms with Crippen LogP contribution in [0.25, 0.3) is 0 Å². The summed E-state index contributed by atoms with van der Waals surface area (Å²) in [7, 11) is 2.09. The summed E-state index contributed by atoms with van der Waals surface area (Å²) in [4.78, 5) is 8.97. The number of hydrogen-bond donors (Lipinski definition) is 0. The van der Waals surface area contributed by atoms with E-state index in [1.807, 2.05) is 18.7 Å². The molecule has 20 heavy (non-hydrogen) atoms. The van der Waals surface area contributed by atoms with Gasteiger partial charge >= 0.3 is 0 Å². The number of ether oxygens (including phenoxy) is 2. The zero-order chi connectivity index (χ0) is 14.4.